The lowest BCUT2D eigenvalue weighted by Crippen LogP contribution is -2.55. The molecule has 0 bridgehead atoms. The number of fused-ring (bicyclic) bond motifs is 1. The molecule has 10 heteroatoms. The van der Waals surface area contributed by atoms with Gasteiger partial charge in [0.15, 0.2) is 5.65 Å². The molecule has 9 nitrogen and oxygen atoms in total. The Bertz CT molecular complexity index is 1380. The first kappa shape index (κ1) is 23.8. The van der Waals surface area contributed by atoms with Gasteiger partial charge >= 0.3 is 6.09 Å². The molecule has 1 saturated heterocycles. The summed E-state index contributed by atoms with van der Waals surface area (Å²) in [6, 6.07) is 10.1. The number of anilines is 1. The van der Waals surface area contributed by atoms with Crippen molar-refractivity contribution in [3.8, 4) is 16.8 Å². The van der Waals surface area contributed by atoms with E-state index in [-0.39, 0.29) is 6.04 Å². The summed E-state index contributed by atoms with van der Waals surface area (Å²) in [5.41, 5.74) is 2.63. The molecule has 0 N–H and O–H groups in total. The van der Waals surface area contributed by atoms with Gasteiger partial charge < -0.3 is 14.5 Å². The molecule has 1 fully saturated rings. The summed E-state index contributed by atoms with van der Waals surface area (Å²) in [5.74, 6) is 0.811. The Kier molecular flexibility index (Phi) is 6.11. The Morgan fingerprint density at radius 2 is 1.94 bits per heavy atom. The van der Waals surface area contributed by atoms with Crippen LogP contribution in [0.15, 0.2) is 55.2 Å². The summed E-state index contributed by atoms with van der Waals surface area (Å²) in [6.07, 6.45) is 6.91. The molecule has 1 atom stereocenters. The summed E-state index contributed by atoms with van der Waals surface area (Å²) in [4.78, 5) is 25.9. The van der Waals surface area contributed by atoms with Gasteiger partial charge in [0.1, 0.15) is 24.4 Å². The normalized spacial score (nSPS) is 16.5. The lowest BCUT2D eigenvalue weighted by molar-refractivity contribution is -0.00324. The van der Waals surface area contributed by atoms with Crippen LogP contribution in [0.3, 0.4) is 0 Å². The number of ether oxygens (including phenoxy) is 1. The van der Waals surface area contributed by atoms with Crippen molar-refractivity contribution in [1.29, 1.82) is 0 Å². The fraction of sp³-hybridized carbons (Fsp3) is 0.385. The van der Waals surface area contributed by atoms with Gasteiger partial charge in [-0.05, 0) is 26.3 Å². The highest BCUT2D eigenvalue weighted by Crippen LogP contribution is 2.37. The van der Waals surface area contributed by atoms with Gasteiger partial charge in [0.2, 0.25) is 0 Å². The third-order valence-electron chi connectivity index (χ3n) is 6.46. The minimum atomic E-state index is -1.14. The standard InChI is InChI=1S/C26H30FN7O2/c1-18-13-32(25(35)36-26(2,3)16-27)10-11-33(18)23-22-21(19-8-6-5-7-9-19)15-34(24(22)29-17-28-23)20-12-30-31(4)14-20/h5-9,12,14-15,17-18H,10-11,13,16H2,1-4H3/t18-/m0/s1. The molecule has 0 radical (unpaired) electrons. The predicted octanol–water partition coefficient (Wildman–Crippen LogP) is 4.22. The third-order valence-corrected chi connectivity index (χ3v) is 6.46. The quantitative estimate of drug-likeness (QED) is 0.416. The second-order valence-corrected chi connectivity index (χ2v) is 9.80. The van der Waals surface area contributed by atoms with Gasteiger partial charge in [-0.1, -0.05) is 30.3 Å². The van der Waals surface area contributed by atoms with Gasteiger partial charge in [-0.25, -0.2) is 19.2 Å². The van der Waals surface area contributed by atoms with Crippen molar-refractivity contribution in [2.45, 2.75) is 32.4 Å². The zero-order valence-electron chi connectivity index (χ0n) is 20.9. The molecule has 0 spiro atoms. The minimum Gasteiger partial charge on any atom is -0.441 e. The molecular formula is C26H30FN7O2. The van der Waals surface area contributed by atoms with Crippen molar-refractivity contribution in [3.63, 3.8) is 0 Å². The summed E-state index contributed by atoms with van der Waals surface area (Å²) >= 11 is 0. The number of aromatic nitrogens is 5. The highest BCUT2D eigenvalue weighted by molar-refractivity contribution is 6.02. The molecule has 0 unspecified atom stereocenters. The van der Waals surface area contributed by atoms with E-state index in [0.717, 1.165) is 33.7 Å². The Hall–Kier alpha value is -3.95. The SMILES string of the molecule is C[C@H]1CN(C(=O)OC(C)(C)CF)CCN1c1ncnc2c1c(-c1ccccc1)cn2-c1cnn(C)c1. The van der Waals surface area contributed by atoms with Gasteiger partial charge in [-0.15, -0.1) is 0 Å². The van der Waals surface area contributed by atoms with Crippen LogP contribution < -0.4 is 4.90 Å². The fourth-order valence-electron chi connectivity index (χ4n) is 4.60. The molecular weight excluding hydrogens is 461 g/mol. The van der Waals surface area contributed by atoms with E-state index in [1.165, 1.54) is 0 Å². The van der Waals surface area contributed by atoms with E-state index in [4.69, 9.17) is 9.72 Å². The van der Waals surface area contributed by atoms with E-state index in [9.17, 15) is 9.18 Å². The van der Waals surface area contributed by atoms with Gasteiger partial charge in [-0.3, -0.25) is 9.25 Å². The van der Waals surface area contributed by atoms with Crippen molar-refractivity contribution in [3.05, 3.63) is 55.2 Å². The topological polar surface area (TPSA) is 81.3 Å². The Balaban J connectivity index is 1.54. The molecule has 1 aliphatic heterocycles. The molecule has 3 aromatic heterocycles. The lowest BCUT2D eigenvalue weighted by atomic mass is 10.1. The van der Waals surface area contributed by atoms with Crippen molar-refractivity contribution >= 4 is 22.9 Å². The van der Waals surface area contributed by atoms with Gasteiger partial charge in [0, 0.05) is 50.7 Å². The van der Waals surface area contributed by atoms with Crippen LogP contribution in [0.4, 0.5) is 15.0 Å². The van der Waals surface area contributed by atoms with Crippen LogP contribution in [-0.2, 0) is 11.8 Å². The molecule has 1 aromatic carbocycles. The van der Waals surface area contributed by atoms with Crippen molar-refractivity contribution < 1.29 is 13.9 Å². The van der Waals surface area contributed by atoms with Gasteiger partial charge in [0.05, 0.1) is 17.3 Å². The van der Waals surface area contributed by atoms with Crippen LogP contribution in [0.5, 0.6) is 0 Å². The summed E-state index contributed by atoms with van der Waals surface area (Å²) in [5, 5.41) is 5.27. The average molecular weight is 492 g/mol. The monoisotopic (exact) mass is 491 g/mol. The Morgan fingerprint density at radius 3 is 2.61 bits per heavy atom. The number of carbonyl (C=O) groups is 1. The zero-order chi connectivity index (χ0) is 25.4. The number of hydrogen-bond acceptors (Lipinski definition) is 6. The number of hydrogen-bond donors (Lipinski definition) is 0. The number of carbonyl (C=O) groups excluding carboxylic acids is 1. The fourth-order valence-corrected chi connectivity index (χ4v) is 4.60. The van der Waals surface area contributed by atoms with Crippen molar-refractivity contribution in [2.75, 3.05) is 31.2 Å². The maximum absolute atomic E-state index is 13.2. The second kappa shape index (κ2) is 9.25. The number of nitrogens with zero attached hydrogens (tertiary/aromatic N) is 7. The molecule has 4 heterocycles. The maximum Gasteiger partial charge on any atom is 0.410 e. The van der Waals surface area contributed by atoms with E-state index in [0.29, 0.717) is 19.6 Å². The first-order valence-electron chi connectivity index (χ1n) is 12.0. The highest BCUT2D eigenvalue weighted by Gasteiger charge is 2.33. The van der Waals surface area contributed by atoms with Crippen LogP contribution >= 0.6 is 0 Å². The zero-order valence-corrected chi connectivity index (χ0v) is 20.9. The Morgan fingerprint density at radius 1 is 1.17 bits per heavy atom. The van der Waals surface area contributed by atoms with E-state index in [1.54, 1.807) is 29.8 Å². The number of alkyl halides is 1. The molecule has 5 rings (SSSR count). The Labute approximate surface area is 209 Å². The van der Waals surface area contributed by atoms with Crippen LogP contribution in [0.1, 0.15) is 20.8 Å². The molecule has 36 heavy (non-hydrogen) atoms. The van der Waals surface area contributed by atoms with E-state index < -0.39 is 18.4 Å². The average Bonchev–Trinajstić information content (AvgIpc) is 3.48. The number of benzene rings is 1. The molecule has 0 aliphatic carbocycles. The molecule has 4 aromatic rings. The van der Waals surface area contributed by atoms with Crippen LogP contribution in [-0.4, -0.2) is 73.3 Å². The summed E-state index contributed by atoms with van der Waals surface area (Å²) < 4.78 is 22.4. The predicted molar refractivity (Wildman–Crippen MR) is 136 cm³/mol. The van der Waals surface area contributed by atoms with E-state index in [1.807, 2.05) is 49.1 Å². The van der Waals surface area contributed by atoms with Crippen LogP contribution in [0, 0.1) is 0 Å². The number of piperazine rings is 1. The minimum absolute atomic E-state index is 0.0387. The second-order valence-electron chi connectivity index (χ2n) is 9.80. The number of rotatable bonds is 5. The van der Waals surface area contributed by atoms with Crippen LogP contribution in [0.2, 0.25) is 0 Å². The summed E-state index contributed by atoms with van der Waals surface area (Å²) in [7, 11) is 1.88. The molecule has 1 amide bonds. The number of aryl methyl sites for hydroxylation is 1. The largest absolute Gasteiger partial charge is 0.441 e. The lowest BCUT2D eigenvalue weighted by Gasteiger charge is -2.41. The first-order chi connectivity index (χ1) is 17.3. The smallest absolute Gasteiger partial charge is 0.410 e. The third kappa shape index (κ3) is 4.38. The first-order valence-corrected chi connectivity index (χ1v) is 12.0. The van der Waals surface area contributed by atoms with Crippen molar-refractivity contribution in [1.82, 2.24) is 29.2 Å². The van der Waals surface area contributed by atoms with Gasteiger partial charge in [0.25, 0.3) is 0 Å². The van der Waals surface area contributed by atoms with E-state index in [2.05, 4.69) is 33.3 Å². The van der Waals surface area contributed by atoms with Gasteiger partial charge in [-0.2, -0.15) is 5.10 Å². The number of halogens is 1. The van der Waals surface area contributed by atoms with Crippen LogP contribution in [0.25, 0.3) is 27.8 Å². The molecule has 0 saturated carbocycles. The summed E-state index contributed by atoms with van der Waals surface area (Å²) in [6.45, 7) is 5.90. The highest BCUT2D eigenvalue weighted by atomic mass is 19.1. The van der Waals surface area contributed by atoms with Crippen molar-refractivity contribution in [2.24, 2.45) is 7.05 Å². The van der Waals surface area contributed by atoms with E-state index >= 15 is 0 Å². The molecule has 1 aliphatic rings. The maximum atomic E-state index is 13.2. The number of amides is 1. The molecule has 188 valence electrons.